The third kappa shape index (κ3) is 4.96. The van der Waals surface area contributed by atoms with E-state index in [0.29, 0.717) is 37.2 Å². The second kappa shape index (κ2) is 9.32. The number of aliphatic carboxylic acids is 1. The smallest absolute Gasteiger partial charge is 0.416 e. The van der Waals surface area contributed by atoms with Gasteiger partial charge in [0, 0.05) is 5.56 Å². The molecule has 0 aliphatic heterocycles. The quantitative estimate of drug-likeness (QED) is 0.578. The van der Waals surface area contributed by atoms with E-state index in [1.54, 1.807) is 0 Å². The monoisotopic (exact) mass is 449 g/mol. The van der Waals surface area contributed by atoms with Crippen molar-refractivity contribution in [2.45, 2.75) is 57.3 Å². The summed E-state index contributed by atoms with van der Waals surface area (Å²) >= 11 is 0. The van der Waals surface area contributed by atoms with Gasteiger partial charge in [0.25, 0.3) is 5.91 Å². The summed E-state index contributed by atoms with van der Waals surface area (Å²) in [6.07, 6.45) is -1.55. The van der Waals surface area contributed by atoms with Gasteiger partial charge in [-0.3, -0.25) is 4.79 Å². The number of hydrogen-bond donors (Lipinski definition) is 3. The average molecular weight is 449 g/mol. The molecule has 0 radical (unpaired) electrons. The molecular weight excluding hydrogens is 423 g/mol. The van der Waals surface area contributed by atoms with Gasteiger partial charge in [0.05, 0.1) is 12.2 Å². The fourth-order valence-corrected chi connectivity index (χ4v) is 4.25. The van der Waals surface area contributed by atoms with Crippen LogP contribution in [-0.4, -0.2) is 27.6 Å². The zero-order chi connectivity index (χ0) is 23.5. The van der Waals surface area contributed by atoms with E-state index in [0.717, 1.165) is 18.6 Å². The van der Waals surface area contributed by atoms with E-state index >= 15 is 0 Å². The standard InChI is InChI=1S/C24H26F3NO4/c1-2-15-8-10-23(11-9-15,22(31)32)28-21(30)17-6-7-18(14-29)20(13-17)16-4-3-5-19(12-16)24(25,26)27/h3-7,12-13,15,29H,2,8-11,14H2,1H3,(H,28,30)(H,31,32). The number of aliphatic hydroxyl groups excluding tert-OH is 1. The third-order valence-corrected chi connectivity index (χ3v) is 6.34. The number of aliphatic hydroxyl groups is 1. The van der Waals surface area contributed by atoms with Crippen LogP contribution in [0.15, 0.2) is 42.5 Å². The Bertz CT molecular complexity index is 995. The number of amides is 1. The highest BCUT2D eigenvalue weighted by atomic mass is 19.4. The summed E-state index contributed by atoms with van der Waals surface area (Å²) in [6.45, 7) is 1.62. The van der Waals surface area contributed by atoms with Crippen molar-refractivity contribution in [3.63, 3.8) is 0 Å². The van der Waals surface area contributed by atoms with Gasteiger partial charge in [-0.05, 0) is 72.6 Å². The van der Waals surface area contributed by atoms with Gasteiger partial charge < -0.3 is 15.5 Å². The van der Waals surface area contributed by atoms with Crippen molar-refractivity contribution in [3.8, 4) is 11.1 Å². The first-order valence-electron chi connectivity index (χ1n) is 10.6. The van der Waals surface area contributed by atoms with E-state index in [2.05, 4.69) is 12.2 Å². The van der Waals surface area contributed by atoms with Crippen LogP contribution in [-0.2, 0) is 17.6 Å². The number of rotatable bonds is 6. The second-order valence-corrected chi connectivity index (χ2v) is 8.30. The van der Waals surface area contributed by atoms with Crippen molar-refractivity contribution in [1.82, 2.24) is 5.32 Å². The van der Waals surface area contributed by atoms with E-state index < -0.39 is 35.8 Å². The molecule has 0 unspecified atom stereocenters. The maximum Gasteiger partial charge on any atom is 0.416 e. The summed E-state index contributed by atoms with van der Waals surface area (Å²) in [5.41, 5.74) is -1.24. The molecule has 5 nitrogen and oxygen atoms in total. The molecule has 1 saturated carbocycles. The minimum atomic E-state index is -4.53. The van der Waals surface area contributed by atoms with Crippen LogP contribution in [0.4, 0.5) is 13.2 Å². The van der Waals surface area contributed by atoms with E-state index in [9.17, 15) is 33.0 Å². The highest BCUT2D eigenvalue weighted by molar-refractivity contribution is 5.99. The van der Waals surface area contributed by atoms with Crippen molar-refractivity contribution >= 4 is 11.9 Å². The highest BCUT2D eigenvalue weighted by Gasteiger charge is 2.43. The van der Waals surface area contributed by atoms with Crippen LogP contribution >= 0.6 is 0 Å². The first kappa shape index (κ1) is 23.8. The van der Waals surface area contributed by atoms with Crippen molar-refractivity contribution in [2.75, 3.05) is 0 Å². The first-order valence-corrected chi connectivity index (χ1v) is 10.6. The number of halogens is 3. The van der Waals surface area contributed by atoms with Gasteiger partial charge in [0.2, 0.25) is 0 Å². The number of carboxylic acid groups (broad SMARTS) is 1. The molecule has 3 N–H and O–H groups in total. The zero-order valence-corrected chi connectivity index (χ0v) is 17.7. The molecule has 8 heteroatoms. The molecule has 1 aliphatic rings. The second-order valence-electron chi connectivity index (χ2n) is 8.30. The van der Waals surface area contributed by atoms with Crippen molar-refractivity contribution in [1.29, 1.82) is 0 Å². The molecule has 1 amide bonds. The Morgan fingerprint density at radius 2 is 1.81 bits per heavy atom. The van der Waals surface area contributed by atoms with E-state index in [-0.39, 0.29) is 16.7 Å². The lowest BCUT2D eigenvalue weighted by Gasteiger charge is -2.37. The normalized spacial score (nSPS) is 21.2. The lowest BCUT2D eigenvalue weighted by atomic mass is 9.75. The summed E-state index contributed by atoms with van der Waals surface area (Å²) < 4.78 is 39.4. The number of benzene rings is 2. The van der Waals surface area contributed by atoms with Gasteiger partial charge in [-0.25, -0.2) is 4.79 Å². The Labute approximate surface area is 184 Å². The summed E-state index contributed by atoms with van der Waals surface area (Å²) in [6, 6.07) is 8.93. The Hall–Kier alpha value is -2.87. The molecular formula is C24H26F3NO4. The van der Waals surface area contributed by atoms with E-state index in [4.69, 9.17) is 0 Å². The van der Waals surface area contributed by atoms with Gasteiger partial charge in [0.15, 0.2) is 0 Å². The first-order chi connectivity index (χ1) is 15.1. The number of nitrogens with one attached hydrogen (secondary N) is 1. The molecule has 3 rings (SSSR count). The molecule has 0 heterocycles. The number of carbonyl (C=O) groups excluding carboxylic acids is 1. The third-order valence-electron chi connectivity index (χ3n) is 6.34. The minimum absolute atomic E-state index is 0.118. The largest absolute Gasteiger partial charge is 0.480 e. The Kier molecular flexibility index (Phi) is 6.93. The molecule has 0 aromatic heterocycles. The van der Waals surface area contributed by atoms with Gasteiger partial charge in [-0.15, -0.1) is 0 Å². The molecule has 1 aliphatic carbocycles. The zero-order valence-electron chi connectivity index (χ0n) is 17.7. The van der Waals surface area contributed by atoms with Crippen LogP contribution in [0.25, 0.3) is 11.1 Å². The van der Waals surface area contributed by atoms with Crippen LogP contribution in [0, 0.1) is 5.92 Å². The molecule has 2 aromatic carbocycles. The van der Waals surface area contributed by atoms with Gasteiger partial charge in [-0.2, -0.15) is 13.2 Å². The van der Waals surface area contributed by atoms with Crippen LogP contribution in [0.2, 0.25) is 0 Å². The van der Waals surface area contributed by atoms with Crippen LogP contribution in [0.3, 0.4) is 0 Å². The lowest BCUT2D eigenvalue weighted by Crippen LogP contribution is -2.56. The van der Waals surface area contributed by atoms with Crippen molar-refractivity contribution in [2.24, 2.45) is 5.92 Å². The average Bonchev–Trinajstić information content (AvgIpc) is 2.78. The molecule has 0 saturated heterocycles. The van der Waals surface area contributed by atoms with E-state index in [1.165, 1.54) is 30.3 Å². The Balaban J connectivity index is 1.93. The van der Waals surface area contributed by atoms with Gasteiger partial charge in [-0.1, -0.05) is 31.5 Å². The van der Waals surface area contributed by atoms with Crippen LogP contribution in [0.1, 0.15) is 60.5 Å². The summed E-state index contributed by atoms with van der Waals surface area (Å²) in [4.78, 5) is 25.0. The molecule has 0 spiro atoms. The predicted molar refractivity (Wildman–Crippen MR) is 113 cm³/mol. The summed E-state index contributed by atoms with van der Waals surface area (Å²) in [5.74, 6) is -1.28. The lowest BCUT2D eigenvalue weighted by molar-refractivity contribution is -0.146. The minimum Gasteiger partial charge on any atom is -0.480 e. The van der Waals surface area contributed by atoms with Gasteiger partial charge >= 0.3 is 12.1 Å². The molecule has 0 bridgehead atoms. The maximum atomic E-state index is 13.1. The summed E-state index contributed by atoms with van der Waals surface area (Å²) in [7, 11) is 0. The molecule has 1 fully saturated rings. The molecule has 0 atom stereocenters. The Morgan fingerprint density at radius 3 is 2.38 bits per heavy atom. The van der Waals surface area contributed by atoms with Crippen LogP contribution in [0.5, 0.6) is 0 Å². The number of carboxylic acids is 1. The summed E-state index contributed by atoms with van der Waals surface area (Å²) in [5, 5.41) is 22.1. The molecule has 32 heavy (non-hydrogen) atoms. The highest BCUT2D eigenvalue weighted by Crippen LogP contribution is 2.36. The number of carbonyl (C=O) groups is 2. The fraction of sp³-hybridized carbons (Fsp3) is 0.417. The van der Waals surface area contributed by atoms with Crippen LogP contribution < -0.4 is 5.32 Å². The number of alkyl halides is 3. The SMILES string of the molecule is CCC1CCC(NC(=O)c2ccc(CO)c(-c3cccc(C(F)(F)F)c3)c2)(C(=O)O)CC1. The molecule has 172 valence electrons. The number of hydrogen-bond acceptors (Lipinski definition) is 3. The van der Waals surface area contributed by atoms with E-state index in [1.807, 2.05) is 0 Å². The van der Waals surface area contributed by atoms with Crippen molar-refractivity contribution < 1.29 is 33.0 Å². The van der Waals surface area contributed by atoms with Gasteiger partial charge in [0.1, 0.15) is 5.54 Å². The van der Waals surface area contributed by atoms with Crippen molar-refractivity contribution in [3.05, 3.63) is 59.2 Å². The maximum absolute atomic E-state index is 13.1. The predicted octanol–water partition coefficient (Wildman–Crippen LogP) is 5.02. The topological polar surface area (TPSA) is 86.6 Å². The fourth-order valence-electron chi connectivity index (χ4n) is 4.25. The molecule has 2 aromatic rings. The Morgan fingerprint density at radius 1 is 1.12 bits per heavy atom.